The molecule has 1 fully saturated rings. The standard InChI is InChI=1S/C14H18FN3/c1-10(18(2)12-4-5-12)9-17-14-6-3-11(8-16)7-13(14)15/h3,6-7,10,12,17H,4-5,9H2,1-2H3. The van der Waals surface area contributed by atoms with Crippen LogP contribution in [0.2, 0.25) is 0 Å². The van der Waals surface area contributed by atoms with Crippen LogP contribution in [0.5, 0.6) is 0 Å². The normalized spacial score (nSPS) is 16.4. The lowest BCUT2D eigenvalue weighted by molar-refractivity contribution is 0.257. The van der Waals surface area contributed by atoms with Gasteiger partial charge in [-0.15, -0.1) is 0 Å². The summed E-state index contributed by atoms with van der Waals surface area (Å²) in [6, 6.07) is 7.50. The van der Waals surface area contributed by atoms with Gasteiger partial charge in [0.15, 0.2) is 0 Å². The fourth-order valence-electron chi connectivity index (χ4n) is 1.97. The molecule has 4 heteroatoms. The number of hydrogen-bond acceptors (Lipinski definition) is 3. The Labute approximate surface area is 107 Å². The topological polar surface area (TPSA) is 39.1 Å². The molecule has 1 aromatic carbocycles. The molecule has 1 N–H and O–H groups in total. The Kier molecular flexibility index (Phi) is 3.83. The fourth-order valence-corrected chi connectivity index (χ4v) is 1.97. The van der Waals surface area contributed by atoms with Crippen molar-refractivity contribution in [3.63, 3.8) is 0 Å². The van der Waals surface area contributed by atoms with Crippen molar-refractivity contribution in [2.75, 3.05) is 18.9 Å². The Bertz CT molecular complexity index is 463. The third-order valence-electron chi connectivity index (χ3n) is 3.50. The molecule has 0 heterocycles. The first-order valence-corrected chi connectivity index (χ1v) is 6.27. The third kappa shape index (κ3) is 2.99. The summed E-state index contributed by atoms with van der Waals surface area (Å²) in [7, 11) is 2.11. The molecule has 1 atom stereocenters. The third-order valence-corrected chi connectivity index (χ3v) is 3.50. The van der Waals surface area contributed by atoms with Gasteiger partial charge in [-0.25, -0.2) is 4.39 Å². The molecule has 3 nitrogen and oxygen atoms in total. The van der Waals surface area contributed by atoms with Crippen LogP contribution < -0.4 is 5.32 Å². The molecule has 0 amide bonds. The van der Waals surface area contributed by atoms with Crippen LogP contribution in [0.25, 0.3) is 0 Å². The highest BCUT2D eigenvalue weighted by Gasteiger charge is 2.28. The van der Waals surface area contributed by atoms with Crippen molar-refractivity contribution in [2.45, 2.75) is 31.8 Å². The van der Waals surface area contributed by atoms with Gasteiger partial charge in [-0.2, -0.15) is 5.26 Å². The average Bonchev–Trinajstić information content (AvgIpc) is 3.20. The van der Waals surface area contributed by atoms with E-state index < -0.39 is 0 Å². The van der Waals surface area contributed by atoms with Gasteiger partial charge in [-0.3, -0.25) is 4.90 Å². The van der Waals surface area contributed by atoms with E-state index in [1.54, 1.807) is 12.1 Å². The molecule has 18 heavy (non-hydrogen) atoms. The summed E-state index contributed by atoms with van der Waals surface area (Å²) in [6.07, 6.45) is 2.54. The quantitative estimate of drug-likeness (QED) is 0.869. The van der Waals surface area contributed by atoms with Crippen molar-refractivity contribution in [3.8, 4) is 6.07 Å². The summed E-state index contributed by atoms with van der Waals surface area (Å²) in [5, 5.41) is 11.8. The van der Waals surface area contributed by atoms with Crippen molar-refractivity contribution >= 4 is 5.69 Å². The Morgan fingerprint density at radius 3 is 2.83 bits per heavy atom. The van der Waals surface area contributed by atoms with Crippen LogP contribution in [0.1, 0.15) is 25.3 Å². The smallest absolute Gasteiger partial charge is 0.147 e. The van der Waals surface area contributed by atoms with Gasteiger partial charge in [-0.05, 0) is 45.0 Å². The lowest BCUT2D eigenvalue weighted by Gasteiger charge is -2.25. The highest BCUT2D eigenvalue weighted by Crippen LogP contribution is 2.27. The molecule has 0 radical (unpaired) electrons. The maximum absolute atomic E-state index is 13.6. The SMILES string of the molecule is CC(CNc1ccc(C#N)cc1F)N(C)C1CC1. The molecule has 1 saturated carbocycles. The summed E-state index contributed by atoms with van der Waals surface area (Å²) in [4.78, 5) is 2.33. The van der Waals surface area contributed by atoms with Gasteiger partial charge in [-0.1, -0.05) is 0 Å². The number of halogens is 1. The summed E-state index contributed by atoms with van der Waals surface area (Å²) < 4.78 is 13.6. The Hall–Kier alpha value is -1.60. The molecular weight excluding hydrogens is 229 g/mol. The van der Waals surface area contributed by atoms with Gasteiger partial charge >= 0.3 is 0 Å². The summed E-state index contributed by atoms with van der Waals surface area (Å²) in [5.74, 6) is -0.365. The van der Waals surface area contributed by atoms with E-state index in [2.05, 4.69) is 24.2 Å². The fraction of sp³-hybridized carbons (Fsp3) is 0.500. The first kappa shape index (κ1) is 12.8. The van der Waals surface area contributed by atoms with Crippen molar-refractivity contribution in [3.05, 3.63) is 29.6 Å². The van der Waals surface area contributed by atoms with Crippen LogP contribution in [-0.2, 0) is 0 Å². The van der Waals surface area contributed by atoms with Gasteiger partial charge in [0.1, 0.15) is 5.82 Å². The first-order chi connectivity index (χ1) is 8.61. The number of nitrogens with zero attached hydrogens (tertiary/aromatic N) is 2. The number of nitrogens with one attached hydrogen (secondary N) is 1. The highest BCUT2D eigenvalue weighted by atomic mass is 19.1. The molecule has 0 spiro atoms. The number of likely N-dealkylation sites (N-methyl/N-ethyl adjacent to an activating group) is 1. The number of rotatable bonds is 5. The first-order valence-electron chi connectivity index (χ1n) is 6.27. The molecule has 0 aromatic heterocycles. The minimum absolute atomic E-state index is 0.348. The van der Waals surface area contributed by atoms with E-state index in [0.717, 1.165) is 0 Å². The molecule has 2 rings (SSSR count). The van der Waals surface area contributed by atoms with Crippen molar-refractivity contribution in [1.29, 1.82) is 5.26 Å². The van der Waals surface area contributed by atoms with Gasteiger partial charge in [0.2, 0.25) is 0 Å². The predicted octanol–water partition coefficient (Wildman–Crippen LogP) is 2.59. The molecular formula is C14H18FN3. The van der Waals surface area contributed by atoms with Crippen molar-refractivity contribution < 1.29 is 4.39 Å². The number of hydrogen-bond donors (Lipinski definition) is 1. The maximum Gasteiger partial charge on any atom is 0.147 e. The Morgan fingerprint density at radius 2 is 2.28 bits per heavy atom. The Morgan fingerprint density at radius 1 is 1.56 bits per heavy atom. The number of nitriles is 1. The van der Waals surface area contributed by atoms with E-state index in [0.29, 0.717) is 29.9 Å². The van der Waals surface area contributed by atoms with E-state index in [1.165, 1.54) is 18.9 Å². The summed E-state index contributed by atoms with van der Waals surface area (Å²) in [5.41, 5.74) is 0.811. The minimum atomic E-state index is -0.365. The second-order valence-corrected chi connectivity index (χ2v) is 4.93. The molecule has 1 aliphatic rings. The van der Waals surface area contributed by atoms with Crippen LogP contribution in [0.15, 0.2) is 18.2 Å². The average molecular weight is 247 g/mol. The van der Waals surface area contributed by atoms with Gasteiger partial charge < -0.3 is 5.32 Å². The maximum atomic E-state index is 13.6. The van der Waals surface area contributed by atoms with E-state index in [9.17, 15) is 4.39 Å². The molecule has 0 aliphatic heterocycles. The second-order valence-electron chi connectivity index (χ2n) is 4.93. The van der Waals surface area contributed by atoms with E-state index in [4.69, 9.17) is 5.26 Å². The van der Waals surface area contributed by atoms with Crippen LogP contribution in [0.3, 0.4) is 0 Å². The molecule has 1 unspecified atom stereocenters. The zero-order chi connectivity index (χ0) is 13.1. The molecule has 0 bridgehead atoms. The minimum Gasteiger partial charge on any atom is -0.381 e. The summed E-state index contributed by atoms with van der Waals surface area (Å²) >= 11 is 0. The van der Waals surface area contributed by atoms with Gasteiger partial charge in [0.25, 0.3) is 0 Å². The lowest BCUT2D eigenvalue weighted by atomic mass is 10.2. The Balaban J connectivity index is 1.91. The van der Waals surface area contributed by atoms with Crippen LogP contribution >= 0.6 is 0 Å². The second kappa shape index (κ2) is 5.36. The zero-order valence-corrected chi connectivity index (χ0v) is 10.8. The van der Waals surface area contributed by atoms with Gasteiger partial charge in [0, 0.05) is 18.6 Å². The summed E-state index contributed by atoms with van der Waals surface area (Å²) in [6.45, 7) is 2.84. The van der Waals surface area contributed by atoms with E-state index in [-0.39, 0.29) is 5.82 Å². The largest absolute Gasteiger partial charge is 0.381 e. The molecule has 1 aromatic rings. The van der Waals surface area contributed by atoms with Crippen molar-refractivity contribution in [2.24, 2.45) is 0 Å². The predicted molar refractivity (Wildman–Crippen MR) is 69.9 cm³/mol. The monoisotopic (exact) mass is 247 g/mol. The van der Waals surface area contributed by atoms with E-state index >= 15 is 0 Å². The van der Waals surface area contributed by atoms with E-state index in [1.807, 2.05) is 6.07 Å². The van der Waals surface area contributed by atoms with Gasteiger partial charge in [0.05, 0.1) is 17.3 Å². The number of anilines is 1. The zero-order valence-electron chi connectivity index (χ0n) is 10.8. The lowest BCUT2D eigenvalue weighted by Crippen LogP contribution is -2.36. The highest BCUT2D eigenvalue weighted by molar-refractivity contribution is 5.48. The van der Waals surface area contributed by atoms with Crippen LogP contribution in [0, 0.1) is 17.1 Å². The molecule has 1 aliphatic carbocycles. The van der Waals surface area contributed by atoms with Crippen LogP contribution in [0.4, 0.5) is 10.1 Å². The molecule has 0 saturated heterocycles. The van der Waals surface area contributed by atoms with Crippen LogP contribution in [-0.4, -0.2) is 30.6 Å². The molecule has 96 valence electrons. The van der Waals surface area contributed by atoms with Crippen molar-refractivity contribution in [1.82, 2.24) is 4.90 Å². The number of benzene rings is 1.